The van der Waals surface area contributed by atoms with Gasteiger partial charge in [0.25, 0.3) is 0 Å². The van der Waals surface area contributed by atoms with E-state index < -0.39 is 0 Å². The standard InChI is InChI=1S/C16H17Cl2NO/c1-11-7-12(2)9-14(8-11)19-5-6-20-16-4-3-13(17)10-15(16)18/h3-4,7-10,19H,5-6H2,1-2H3. The first-order chi connectivity index (χ1) is 9.54. The van der Waals surface area contributed by atoms with E-state index in [0.717, 1.165) is 5.69 Å². The van der Waals surface area contributed by atoms with E-state index >= 15 is 0 Å². The number of aryl methyl sites for hydroxylation is 2. The predicted molar refractivity (Wildman–Crippen MR) is 86.4 cm³/mol. The van der Waals surface area contributed by atoms with Crippen molar-refractivity contribution in [1.82, 2.24) is 0 Å². The Bertz CT molecular complexity index is 579. The molecule has 0 saturated carbocycles. The van der Waals surface area contributed by atoms with Gasteiger partial charge >= 0.3 is 0 Å². The fraction of sp³-hybridized carbons (Fsp3) is 0.250. The van der Waals surface area contributed by atoms with Crippen LogP contribution in [-0.4, -0.2) is 13.2 Å². The van der Waals surface area contributed by atoms with Crippen LogP contribution in [0.1, 0.15) is 11.1 Å². The van der Waals surface area contributed by atoms with Crippen LogP contribution in [-0.2, 0) is 0 Å². The molecule has 1 N–H and O–H groups in total. The summed E-state index contributed by atoms with van der Waals surface area (Å²) in [4.78, 5) is 0. The third-order valence-corrected chi connectivity index (χ3v) is 3.33. The van der Waals surface area contributed by atoms with Crippen LogP contribution in [0.4, 0.5) is 5.69 Å². The molecule has 106 valence electrons. The van der Waals surface area contributed by atoms with Crippen molar-refractivity contribution in [2.24, 2.45) is 0 Å². The van der Waals surface area contributed by atoms with Crippen molar-refractivity contribution in [3.05, 3.63) is 57.6 Å². The highest BCUT2D eigenvalue weighted by atomic mass is 35.5. The van der Waals surface area contributed by atoms with E-state index in [1.165, 1.54) is 11.1 Å². The largest absolute Gasteiger partial charge is 0.490 e. The van der Waals surface area contributed by atoms with Gasteiger partial charge in [0.05, 0.1) is 5.02 Å². The molecule has 2 aromatic carbocycles. The van der Waals surface area contributed by atoms with Crippen LogP contribution < -0.4 is 10.1 Å². The zero-order valence-corrected chi connectivity index (χ0v) is 13.1. The highest BCUT2D eigenvalue weighted by Crippen LogP contribution is 2.27. The summed E-state index contributed by atoms with van der Waals surface area (Å²) in [5, 5.41) is 4.47. The fourth-order valence-electron chi connectivity index (χ4n) is 2.03. The van der Waals surface area contributed by atoms with Crippen molar-refractivity contribution < 1.29 is 4.74 Å². The molecule has 0 aliphatic carbocycles. The van der Waals surface area contributed by atoms with Crippen LogP contribution in [0, 0.1) is 13.8 Å². The van der Waals surface area contributed by atoms with Crippen molar-refractivity contribution in [2.75, 3.05) is 18.5 Å². The monoisotopic (exact) mass is 309 g/mol. The fourth-order valence-corrected chi connectivity index (χ4v) is 2.49. The molecule has 0 aromatic heterocycles. The minimum Gasteiger partial charge on any atom is -0.490 e. The van der Waals surface area contributed by atoms with E-state index in [-0.39, 0.29) is 0 Å². The van der Waals surface area contributed by atoms with E-state index in [9.17, 15) is 0 Å². The summed E-state index contributed by atoms with van der Waals surface area (Å²) in [5.74, 6) is 0.651. The van der Waals surface area contributed by atoms with E-state index in [4.69, 9.17) is 27.9 Å². The predicted octanol–water partition coefficient (Wildman–Crippen LogP) is 5.10. The highest BCUT2D eigenvalue weighted by Gasteiger charge is 2.02. The summed E-state index contributed by atoms with van der Waals surface area (Å²) in [6.45, 7) is 5.42. The van der Waals surface area contributed by atoms with Crippen LogP contribution in [0.15, 0.2) is 36.4 Å². The average Bonchev–Trinajstić information content (AvgIpc) is 2.35. The Balaban J connectivity index is 1.84. The minimum absolute atomic E-state index is 0.531. The Labute approximate surface area is 129 Å². The van der Waals surface area contributed by atoms with Gasteiger partial charge in [-0.1, -0.05) is 29.3 Å². The van der Waals surface area contributed by atoms with Crippen molar-refractivity contribution in [2.45, 2.75) is 13.8 Å². The molecule has 0 unspecified atom stereocenters. The van der Waals surface area contributed by atoms with Gasteiger partial charge in [-0.25, -0.2) is 0 Å². The van der Waals surface area contributed by atoms with Gasteiger partial charge in [0.15, 0.2) is 0 Å². The second kappa shape index (κ2) is 6.87. The Morgan fingerprint density at radius 2 is 1.70 bits per heavy atom. The van der Waals surface area contributed by atoms with Crippen molar-refractivity contribution in [1.29, 1.82) is 0 Å². The lowest BCUT2D eigenvalue weighted by Gasteiger charge is -2.11. The van der Waals surface area contributed by atoms with Gasteiger partial charge < -0.3 is 10.1 Å². The number of nitrogens with one attached hydrogen (secondary N) is 1. The number of ether oxygens (including phenoxy) is 1. The molecular weight excluding hydrogens is 293 g/mol. The van der Waals surface area contributed by atoms with E-state index in [2.05, 4.69) is 37.4 Å². The molecule has 0 saturated heterocycles. The zero-order valence-electron chi connectivity index (χ0n) is 11.5. The maximum atomic E-state index is 6.04. The molecule has 0 aliphatic rings. The summed E-state index contributed by atoms with van der Waals surface area (Å²) < 4.78 is 5.62. The van der Waals surface area contributed by atoms with Crippen LogP contribution in [0.5, 0.6) is 5.75 Å². The molecule has 0 bridgehead atoms. The number of halogens is 2. The maximum absolute atomic E-state index is 6.04. The number of hydrogen-bond donors (Lipinski definition) is 1. The van der Waals surface area contributed by atoms with Gasteiger partial charge in [0.2, 0.25) is 0 Å². The molecule has 20 heavy (non-hydrogen) atoms. The molecule has 0 heterocycles. The number of rotatable bonds is 5. The Morgan fingerprint density at radius 1 is 1.00 bits per heavy atom. The van der Waals surface area contributed by atoms with E-state index in [0.29, 0.717) is 28.9 Å². The number of anilines is 1. The molecule has 2 aromatic rings. The Kier molecular flexibility index (Phi) is 5.16. The summed E-state index contributed by atoms with van der Waals surface area (Å²) in [6, 6.07) is 11.6. The molecule has 0 amide bonds. The molecule has 0 spiro atoms. The molecule has 2 nitrogen and oxygen atoms in total. The average molecular weight is 310 g/mol. The summed E-state index contributed by atoms with van der Waals surface area (Å²) in [7, 11) is 0. The topological polar surface area (TPSA) is 21.3 Å². The third-order valence-electron chi connectivity index (χ3n) is 2.80. The van der Waals surface area contributed by atoms with Gasteiger partial charge in [-0.3, -0.25) is 0 Å². The lowest BCUT2D eigenvalue weighted by molar-refractivity contribution is 0.333. The second-order valence-corrected chi connectivity index (χ2v) is 5.57. The Morgan fingerprint density at radius 3 is 2.35 bits per heavy atom. The Hall–Kier alpha value is -1.38. The molecule has 0 atom stereocenters. The molecule has 2 rings (SSSR count). The molecule has 4 heteroatoms. The molecule has 0 radical (unpaired) electrons. The van der Waals surface area contributed by atoms with E-state index in [1.807, 2.05) is 0 Å². The minimum atomic E-state index is 0.531. The van der Waals surface area contributed by atoms with Crippen LogP contribution in [0.25, 0.3) is 0 Å². The summed E-state index contributed by atoms with van der Waals surface area (Å²) >= 11 is 11.9. The SMILES string of the molecule is Cc1cc(C)cc(NCCOc2ccc(Cl)cc2Cl)c1. The van der Waals surface area contributed by atoms with Crippen LogP contribution >= 0.6 is 23.2 Å². The van der Waals surface area contributed by atoms with E-state index in [1.54, 1.807) is 18.2 Å². The van der Waals surface area contributed by atoms with Crippen LogP contribution in [0.3, 0.4) is 0 Å². The smallest absolute Gasteiger partial charge is 0.138 e. The van der Waals surface area contributed by atoms with Gasteiger partial charge in [-0.15, -0.1) is 0 Å². The van der Waals surface area contributed by atoms with Crippen molar-refractivity contribution >= 4 is 28.9 Å². The highest BCUT2D eigenvalue weighted by molar-refractivity contribution is 6.35. The van der Waals surface area contributed by atoms with Gasteiger partial charge in [-0.05, 0) is 55.3 Å². The third kappa shape index (κ3) is 4.32. The summed E-state index contributed by atoms with van der Waals surface area (Å²) in [5.41, 5.74) is 3.59. The van der Waals surface area contributed by atoms with Crippen molar-refractivity contribution in [3.8, 4) is 5.75 Å². The molecule has 0 aliphatic heterocycles. The van der Waals surface area contributed by atoms with Crippen LogP contribution in [0.2, 0.25) is 10.0 Å². The molecule has 0 fully saturated rings. The number of hydrogen-bond acceptors (Lipinski definition) is 2. The van der Waals surface area contributed by atoms with Gasteiger partial charge in [-0.2, -0.15) is 0 Å². The lowest BCUT2D eigenvalue weighted by Crippen LogP contribution is -2.11. The summed E-state index contributed by atoms with van der Waals surface area (Å²) in [6.07, 6.45) is 0. The first kappa shape index (κ1) is 15.0. The maximum Gasteiger partial charge on any atom is 0.138 e. The zero-order chi connectivity index (χ0) is 14.5. The van der Waals surface area contributed by atoms with Gasteiger partial charge in [0.1, 0.15) is 12.4 Å². The quantitative estimate of drug-likeness (QED) is 0.776. The lowest BCUT2D eigenvalue weighted by atomic mass is 10.1. The number of benzene rings is 2. The van der Waals surface area contributed by atoms with Gasteiger partial charge in [0, 0.05) is 17.3 Å². The second-order valence-electron chi connectivity index (χ2n) is 4.73. The first-order valence-corrected chi connectivity index (χ1v) is 7.20. The first-order valence-electron chi connectivity index (χ1n) is 6.44. The molecular formula is C16H17Cl2NO. The van der Waals surface area contributed by atoms with Crippen molar-refractivity contribution in [3.63, 3.8) is 0 Å². The normalized spacial score (nSPS) is 10.4.